The Morgan fingerprint density at radius 3 is 2.80 bits per heavy atom. The normalized spacial score (nSPS) is 20.6. The van der Waals surface area contributed by atoms with Crippen LogP contribution in [0.15, 0.2) is 22.7 Å². The van der Waals surface area contributed by atoms with Gasteiger partial charge in [-0.2, -0.15) is 0 Å². The molecular formula is C16H24BrFN2. The van der Waals surface area contributed by atoms with Crippen LogP contribution < -0.4 is 5.32 Å². The van der Waals surface area contributed by atoms with E-state index in [2.05, 4.69) is 46.9 Å². The van der Waals surface area contributed by atoms with Crippen LogP contribution in [0.2, 0.25) is 0 Å². The molecule has 112 valence electrons. The zero-order chi connectivity index (χ0) is 14.8. The van der Waals surface area contributed by atoms with Crippen molar-refractivity contribution >= 4 is 15.9 Å². The second-order valence-electron chi connectivity index (χ2n) is 6.65. The van der Waals surface area contributed by atoms with Gasteiger partial charge in [0.15, 0.2) is 0 Å². The highest BCUT2D eigenvalue weighted by Crippen LogP contribution is 2.23. The van der Waals surface area contributed by atoms with Crippen LogP contribution in [0.25, 0.3) is 0 Å². The third-order valence-electron chi connectivity index (χ3n) is 3.74. The number of nitrogens with zero attached hydrogens (tertiary/aromatic N) is 1. The van der Waals surface area contributed by atoms with E-state index in [4.69, 9.17) is 0 Å². The van der Waals surface area contributed by atoms with E-state index in [0.717, 1.165) is 19.6 Å². The zero-order valence-electron chi connectivity index (χ0n) is 12.5. The lowest BCUT2D eigenvalue weighted by molar-refractivity contribution is 0.226. The molecule has 0 saturated carbocycles. The van der Waals surface area contributed by atoms with Crippen molar-refractivity contribution in [2.75, 3.05) is 13.1 Å². The first-order chi connectivity index (χ1) is 9.35. The molecule has 0 aliphatic carbocycles. The summed E-state index contributed by atoms with van der Waals surface area (Å²) in [5, 5.41) is 3.59. The Morgan fingerprint density at radius 1 is 1.40 bits per heavy atom. The topological polar surface area (TPSA) is 15.3 Å². The van der Waals surface area contributed by atoms with E-state index in [1.807, 2.05) is 12.1 Å². The summed E-state index contributed by atoms with van der Waals surface area (Å²) in [5.74, 6) is -0.193. The Balaban J connectivity index is 1.95. The molecular weight excluding hydrogens is 319 g/mol. The van der Waals surface area contributed by atoms with Gasteiger partial charge in [-0.25, -0.2) is 4.39 Å². The lowest BCUT2D eigenvalue weighted by Crippen LogP contribution is -2.44. The molecule has 0 aromatic heterocycles. The lowest BCUT2D eigenvalue weighted by Gasteiger charge is -2.29. The molecule has 1 saturated heterocycles. The predicted octanol–water partition coefficient (Wildman–Crippen LogP) is 3.94. The fourth-order valence-corrected chi connectivity index (χ4v) is 3.06. The predicted molar refractivity (Wildman–Crippen MR) is 85.3 cm³/mol. The minimum atomic E-state index is -0.193. The quantitative estimate of drug-likeness (QED) is 0.891. The Bertz CT molecular complexity index is 456. The first-order valence-electron chi connectivity index (χ1n) is 7.28. The summed E-state index contributed by atoms with van der Waals surface area (Å²) >= 11 is 3.26. The molecule has 2 rings (SSSR count). The number of hydrogen-bond donors (Lipinski definition) is 1. The number of likely N-dealkylation sites (tertiary alicyclic amines) is 1. The van der Waals surface area contributed by atoms with Crippen LogP contribution in [-0.2, 0) is 6.54 Å². The maximum absolute atomic E-state index is 13.3. The third-order valence-corrected chi connectivity index (χ3v) is 4.34. The smallest absolute Gasteiger partial charge is 0.137 e. The molecule has 1 aromatic carbocycles. The number of halogens is 2. The van der Waals surface area contributed by atoms with Gasteiger partial charge in [0.05, 0.1) is 4.47 Å². The molecule has 0 radical (unpaired) electrons. The summed E-state index contributed by atoms with van der Waals surface area (Å²) in [6.45, 7) is 9.64. The zero-order valence-corrected chi connectivity index (χ0v) is 14.1. The van der Waals surface area contributed by atoms with Gasteiger partial charge in [0.2, 0.25) is 0 Å². The van der Waals surface area contributed by atoms with Gasteiger partial charge in [0, 0.05) is 24.7 Å². The van der Waals surface area contributed by atoms with Gasteiger partial charge in [-0.05, 0) is 73.8 Å². The van der Waals surface area contributed by atoms with E-state index in [-0.39, 0.29) is 11.4 Å². The van der Waals surface area contributed by atoms with Crippen molar-refractivity contribution in [2.24, 2.45) is 0 Å². The second-order valence-corrected chi connectivity index (χ2v) is 7.50. The molecule has 0 bridgehead atoms. The van der Waals surface area contributed by atoms with Crippen molar-refractivity contribution in [3.63, 3.8) is 0 Å². The van der Waals surface area contributed by atoms with Gasteiger partial charge in [0.25, 0.3) is 0 Å². The number of rotatable bonds is 4. The van der Waals surface area contributed by atoms with Crippen LogP contribution in [0.1, 0.15) is 39.2 Å². The summed E-state index contributed by atoms with van der Waals surface area (Å²) in [4.78, 5) is 2.50. The maximum Gasteiger partial charge on any atom is 0.137 e. The number of benzene rings is 1. The van der Waals surface area contributed by atoms with Gasteiger partial charge < -0.3 is 5.32 Å². The summed E-state index contributed by atoms with van der Waals surface area (Å²) in [5.41, 5.74) is 1.33. The molecule has 1 heterocycles. The molecule has 0 amide bonds. The van der Waals surface area contributed by atoms with Crippen LogP contribution in [0, 0.1) is 5.82 Å². The van der Waals surface area contributed by atoms with Gasteiger partial charge in [-0.15, -0.1) is 0 Å². The fraction of sp³-hybridized carbons (Fsp3) is 0.625. The van der Waals surface area contributed by atoms with Crippen LogP contribution in [0.3, 0.4) is 0 Å². The fourth-order valence-electron chi connectivity index (χ4n) is 2.63. The van der Waals surface area contributed by atoms with Crippen molar-refractivity contribution in [3.8, 4) is 0 Å². The standard InChI is InChI=1S/C16H24BrFN2/c1-16(2,3)19-10-13-5-4-8-20(13)11-12-6-7-15(18)14(17)9-12/h6-7,9,13,19H,4-5,8,10-11H2,1-3H3. The average molecular weight is 343 g/mol. The van der Waals surface area contributed by atoms with E-state index in [1.54, 1.807) is 0 Å². The van der Waals surface area contributed by atoms with Crippen molar-refractivity contribution in [1.29, 1.82) is 0 Å². The molecule has 1 aliphatic heterocycles. The summed E-state index contributed by atoms with van der Waals surface area (Å²) in [7, 11) is 0. The minimum Gasteiger partial charge on any atom is -0.311 e. The molecule has 0 spiro atoms. The summed E-state index contributed by atoms with van der Waals surface area (Å²) in [6.07, 6.45) is 2.49. The van der Waals surface area contributed by atoms with Gasteiger partial charge in [-0.1, -0.05) is 6.07 Å². The third kappa shape index (κ3) is 4.54. The molecule has 2 nitrogen and oxygen atoms in total. The van der Waals surface area contributed by atoms with Crippen molar-refractivity contribution in [3.05, 3.63) is 34.1 Å². The maximum atomic E-state index is 13.3. The van der Waals surface area contributed by atoms with Crippen molar-refractivity contribution in [2.45, 2.75) is 51.7 Å². The van der Waals surface area contributed by atoms with E-state index in [0.29, 0.717) is 10.5 Å². The molecule has 1 N–H and O–H groups in total. The van der Waals surface area contributed by atoms with E-state index in [1.165, 1.54) is 24.5 Å². The Morgan fingerprint density at radius 2 is 2.15 bits per heavy atom. The molecule has 1 atom stereocenters. The average Bonchev–Trinajstić information content (AvgIpc) is 2.78. The Hall–Kier alpha value is -0.450. The minimum absolute atomic E-state index is 0.160. The second kappa shape index (κ2) is 6.54. The van der Waals surface area contributed by atoms with E-state index in [9.17, 15) is 4.39 Å². The van der Waals surface area contributed by atoms with Crippen molar-refractivity contribution in [1.82, 2.24) is 10.2 Å². The first kappa shape index (κ1) is 15.9. The van der Waals surface area contributed by atoms with Crippen LogP contribution in [-0.4, -0.2) is 29.6 Å². The highest BCUT2D eigenvalue weighted by molar-refractivity contribution is 9.10. The number of hydrogen-bond acceptors (Lipinski definition) is 2. The lowest BCUT2D eigenvalue weighted by atomic mass is 10.1. The van der Waals surface area contributed by atoms with Crippen molar-refractivity contribution < 1.29 is 4.39 Å². The van der Waals surface area contributed by atoms with Gasteiger partial charge >= 0.3 is 0 Å². The highest BCUT2D eigenvalue weighted by Gasteiger charge is 2.25. The summed E-state index contributed by atoms with van der Waals surface area (Å²) < 4.78 is 13.8. The van der Waals surface area contributed by atoms with Crippen LogP contribution in [0.4, 0.5) is 4.39 Å². The monoisotopic (exact) mass is 342 g/mol. The first-order valence-corrected chi connectivity index (χ1v) is 8.07. The van der Waals surface area contributed by atoms with Gasteiger partial charge in [-0.3, -0.25) is 4.90 Å². The Kier molecular flexibility index (Phi) is 5.21. The highest BCUT2D eigenvalue weighted by atomic mass is 79.9. The Labute approximate surface area is 129 Å². The molecule has 1 aromatic rings. The molecule has 1 unspecified atom stereocenters. The number of nitrogens with one attached hydrogen (secondary N) is 1. The molecule has 1 fully saturated rings. The molecule has 1 aliphatic rings. The largest absolute Gasteiger partial charge is 0.311 e. The van der Waals surface area contributed by atoms with E-state index < -0.39 is 0 Å². The summed E-state index contributed by atoms with van der Waals surface area (Å²) in [6, 6.07) is 5.89. The molecule has 4 heteroatoms. The molecule has 20 heavy (non-hydrogen) atoms. The SMILES string of the molecule is CC(C)(C)NCC1CCCN1Cc1ccc(F)c(Br)c1. The van der Waals surface area contributed by atoms with Crippen LogP contribution >= 0.6 is 15.9 Å². The van der Waals surface area contributed by atoms with Crippen LogP contribution in [0.5, 0.6) is 0 Å². The van der Waals surface area contributed by atoms with E-state index >= 15 is 0 Å². The van der Waals surface area contributed by atoms with Gasteiger partial charge in [0.1, 0.15) is 5.82 Å².